The summed E-state index contributed by atoms with van der Waals surface area (Å²) in [6, 6.07) is 8.93. The van der Waals surface area contributed by atoms with Gasteiger partial charge in [0.25, 0.3) is 0 Å². The van der Waals surface area contributed by atoms with Gasteiger partial charge >= 0.3 is 5.63 Å². The second kappa shape index (κ2) is 3.93. The molecule has 0 N–H and O–H groups in total. The molecule has 2 aromatic rings. The van der Waals surface area contributed by atoms with Crippen LogP contribution in [0.1, 0.15) is 25.5 Å². The minimum atomic E-state index is -0.609. The summed E-state index contributed by atoms with van der Waals surface area (Å²) in [6.07, 6.45) is -0.228. The van der Waals surface area contributed by atoms with Crippen LogP contribution in [0.5, 0.6) is 0 Å². The predicted molar refractivity (Wildman–Crippen MR) is 66.3 cm³/mol. The largest absolute Gasteiger partial charge is 0.423 e. The van der Waals surface area contributed by atoms with Gasteiger partial charge in [0, 0.05) is 17.0 Å². The quantitative estimate of drug-likeness (QED) is 0.726. The van der Waals surface area contributed by atoms with Crippen molar-refractivity contribution in [2.24, 2.45) is 0 Å². The molecule has 0 amide bonds. The number of ether oxygens (including phenoxy) is 2. The van der Waals surface area contributed by atoms with Gasteiger partial charge in [0.05, 0.1) is 6.61 Å². The summed E-state index contributed by atoms with van der Waals surface area (Å²) in [7, 11) is 0. The van der Waals surface area contributed by atoms with E-state index in [0.29, 0.717) is 12.2 Å². The molecule has 2 heterocycles. The second-order valence-electron chi connectivity index (χ2n) is 4.83. The van der Waals surface area contributed by atoms with Crippen LogP contribution < -0.4 is 5.63 Å². The zero-order valence-corrected chi connectivity index (χ0v) is 10.3. The molecular weight excluding hydrogens is 232 g/mol. The van der Waals surface area contributed by atoms with Gasteiger partial charge in [0.15, 0.2) is 5.79 Å². The normalized spacial score (nSPS) is 22.4. The fourth-order valence-electron chi connectivity index (χ4n) is 2.24. The SMILES string of the molecule is CC1(C)OC[C@H](c2cc(=O)oc3ccccc23)O1. The topological polar surface area (TPSA) is 48.7 Å². The first-order valence-electron chi connectivity index (χ1n) is 5.90. The van der Waals surface area contributed by atoms with E-state index < -0.39 is 5.79 Å². The molecule has 0 bridgehead atoms. The van der Waals surface area contributed by atoms with Crippen molar-refractivity contribution in [2.75, 3.05) is 6.61 Å². The monoisotopic (exact) mass is 246 g/mol. The first kappa shape index (κ1) is 11.4. The highest BCUT2D eigenvalue weighted by Crippen LogP contribution is 2.35. The number of hydrogen-bond acceptors (Lipinski definition) is 4. The van der Waals surface area contributed by atoms with Crippen molar-refractivity contribution in [1.82, 2.24) is 0 Å². The lowest BCUT2D eigenvalue weighted by Gasteiger charge is -2.17. The average molecular weight is 246 g/mol. The third-order valence-electron chi connectivity index (χ3n) is 3.04. The molecule has 94 valence electrons. The molecule has 1 atom stereocenters. The molecule has 0 radical (unpaired) electrons. The summed E-state index contributed by atoms with van der Waals surface area (Å²) in [4.78, 5) is 11.6. The summed E-state index contributed by atoms with van der Waals surface area (Å²) in [6.45, 7) is 4.17. The zero-order valence-electron chi connectivity index (χ0n) is 10.3. The molecule has 4 nitrogen and oxygen atoms in total. The Kier molecular flexibility index (Phi) is 2.50. The van der Waals surface area contributed by atoms with Gasteiger partial charge in [-0.25, -0.2) is 4.79 Å². The van der Waals surface area contributed by atoms with Gasteiger partial charge in [0.1, 0.15) is 11.7 Å². The maximum atomic E-state index is 11.6. The van der Waals surface area contributed by atoms with Crippen LogP contribution in [-0.2, 0) is 9.47 Å². The van der Waals surface area contributed by atoms with E-state index in [1.807, 2.05) is 32.0 Å². The lowest BCUT2D eigenvalue weighted by Crippen LogP contribution is -2.19. The highest BCUT2D eigenvalue weighted by molar-refractivity contribution is 5.80. The molecule has 4 heteroatoms. The number of para-hydroxylation sites is 1. The molecule has 1 aromatic heterocycles. The highest BCUT2D eigenvalue weighted by atomic mass is 16.7. The van der Waals surface area contributed by atoms with Crippen LogP contribution in [0.15, 0.2) is 39.5 Å². The van der Waals surface area contributed by atoms with Crippen molar-refractivity contribution in [3.05, 3.63) is 46.3 Å². The molecule has 1 aliphatic rings. The zero-order chi connectivity index (χ0) is 12.8. The third-order valence-corrected chi connectivity index (χ3v) is 3.04. The van der Waals surface area contributed by atoms with Crippen molar-refractivity contribution >= 4 is 11.0 Å². The first-order valence-corrected chi connectivity index (χ1v) is 5.90. The second-order valence-corrected chi connectivity index (χ2v) is 4.83. The highest BCUT2D eigenvalue weighted by Gasteiger charge is 2.34. The molecular formula is C14H14O4. The Bertz CT molecular complexity index is 642. The Morgan fingerprint density at radius 2 is 2.06 bits per heavy atom. The van der Waals surface area contributed by atoms with Gasteiger partial charge in [-0.15, -0.1) is 0 Å². The van der Waals surface area contributed by atoms with E-state index in [4.69, 9.17) is 13.9 Å². The summed E-state index contributed by atoms with van der Waals surface area (Å²) >= 11 is 0. The maximum Gasteiger partial charge on any atom is 0.336 e. The Hall–Kier alpha value is -1.65. The van der Waals surface area contributed by atoms with E-state index in [1.54, 1.807) is 6.07 Å². The molecule has 0 spiro atoms. The van der Waals surface area contributed by atoms with E-state index in [0.717, 1.165) is 10.9 Å². The van der Waals surface area contributed by atoms with Crippen LogP contribution in [0.3, 0.4) is 0 Å². The molecule has 18 heavy (non-hydrogen) atoms. The van der Waals surface area contributed by atoms with E-state index in [1.165, 1.54) is 6.07 Å². The molecule has 3 rings (SSSR count). The summed E-state index contributed by atoms with van der Waals surface area (Å²) in [5.41, 5.74) is 1.04. The van der Waals surface area contributed by atoms with Crippen LogP contribution in [0.4, 0.5) is 0 Å². The number of hydrogen-bond donors (Lipinski definition) is 0. The van der Waals surface area contributed by atoms with Crippen LogP contribution in [-0.4, -0.2) is 12.4 Å². The van der Waals surface area contributed by atoms with E-state index in [-0.39, 0.29) is 11.7 Å². The fraction of sp³-hybridized carbons (Fsp3) is 0.357. The van der Waals surface area contributed by atoms with Gasteiger partial charge in [0.2, 0.25) is 0 Å². The van der Waals surface area contributed by atoms with Crippen LogP contribution in [0, 0.1) is 0 Å². The average Bonchev–Trinajstić information content (AvgIpc) is 2.68. The number of benzene rings is 1. The fourth-order valence-corrected chi connectivity index (χ4v) is 2.24. The molecule has 0 saturated carbocycles. The maximum absolute atomic E-state index is 11.6. The van der Waals surface area contributed by atoms with Crippen molar-refractivity contribution in [1.29, 1.82) is 0 Å². The number of fused-ring (bicyclic) bond motifs is 1. The Labute approximate surface area is 104 Å². The first-order chi connectivity index (χ1) is 8.55. The Balaban J connectivity index is 2.14. The van der Waals surface area contributed by atoms with Crippen LogP contribution in [0.2, 0.25) is 0 Å². The molecule has 0 aliphatic carbocycles. The number of rotatable bonds is 1. The van der Waals surface area contributed by atoms with Crippen molar-refractivity contribution < 1.29 is 13.9 Å². The molecule has 1 aliphatic heterocycles. The summed E-state index contributed by atoms with van der Waals surface area (Å²) < 4.78 is 16.5. The van der Waals surface area contributed by atoms with E-state index in [2.05, 4.69) is 0 Å². The van der Waals surface area contributed by atoms with Crippen LogP contribution in [0.25, 0.3) is 11.0 Å². The minimum absolute atomic E-state index is 0.228. The smallest absolute Gasteiger partial charge is 0.336 e. The summed E-state index contributed by atoms with van der Waals surface area (Å²) in [5, 5.41) is 0.892. The van der Waals surface area contributed by atoms with Gasteiger partial charge < -0.3 is 13.9 Å². The molecule has 1 aromatic carbocycles. The lowest BCUT2D eigenvalue weighted by molar-refractivity contribution is -0.138. The third kappa shape index (κ3) is 1.94. The molecule has 0 unspecified atom stereocenters. The van der Waals surface area contributed by atoms with Gasteiger partial charge in [-0.3, -0.25) is 0 Å². The lowest BCUT2D eigenvalue weighted by atomic mass is 10.1. The van der Waals surface area contributed by atoms with E-state index >= 15 is 0 Å². The van der Waals surface area contributed by atoms with Crippen molar-refractivity contribution in [3.63, 3.8) is 0 Å². The van der Waals surface area contributed by atoms with Gasteiger partial charge in [-0.2, -0.15) is 0 Å². The molecule has 1 fully saturated rings. The van der Waals surface area contributed by atoms with Gasteiger partial charge in [-0.1, -0.05) is 18.2 Å². The Morgan fingerprint density at radius 3 is 2.78 bits per heavy atom. The van der Waals surface area contributed by atoms with Crippen molar-refractivity contribution in [3.8, 4) is 0 Å². The molecule has 1 saturated heterocycles. The predicted octanol–water partition coefficient (Wildman–Crippen LogP) is 2.62. The van der Waals surface area contributed by atoms with Gasteiger partial charge in [-0.05, 0) is 19.9 Å². The van der Waals surface area contributed by atoms with E-state index in [9.17, 15) is 4.79 Å². The van der Waals surface area contributed by atoms with Crippen molar-refractivity contribution in [2.45, 2.75) is 25.7 Å². The summed E-state index contributed by atoms with van der Waals surface area (Å²) in [5.74, 6) is -0.609. The minimum Gasteiger partial charge on any atom is -0.423 e. The Morgan fingerprint density at radius 1 is 1.28 bits per heavy atom. The van der Waals surface area contributed by atoms with Crippen LogP contribution >= 0.6 is 0 Å². The standard InChI is InChI=1S/C14H14O4/c1-14(2)16-8-12(18-14)10-7-13(15)17-11-6-4-3-5-9(10)11/h3-7,12H,8H2,1-2H3/t12-/m1/s1.